The molecule has 2 aromatic rings. The highest BCUT2D eigenvalue weighted by Gasteiger charge is 2.15. The summed E-state index contributed by atoms with van der Waals surface area (Å²) in [5.41, 5.74) is 1.53. The Hall–Kier alpha value is -2.08. The summed E-state index contributed by atoms with van der Waals surface area (Å²) >= 11 is 0. The molecule has 0 saturated heterocycles. The van der Waals surface area contributed by atoms with Gasteiger partial charge in [-0.25, -0.2) is 4.79 Å². The summed E-state index contributed by atoms with van der Waals surface area (Å²) in [5.74, 6) is -2.05. The van der Waals surface area contributed by atoms with Gasteiger partial charge in [-0.3, -0.25) is 9.78 Å². The summed E-state index contributed by atoms with van der Waals surface area (Å²) in [4.78, 5) is 24.1. The normalized spacial score (nSPS) is 12.8. The van der Waals surface area contributed by atoms with Gasteiger partial charge in [0, 0.05) is 5.92 Å². The van der Waals surface area contributed by atoms with Crippen LogP contribution in [0.25, 0.3) is 11.1 Å². The van der Waals surface area contributed by atoms with Gasteiger partial charge in [0.05, 0.1) is 18.5 Å². The summed E-state index contributed by atoms with van der Waals surface area (Å²) < 4.78 is 4.87. The number of rotatable bonds is 4. The molecule has 17 heavy (non-hydrogen) atoms. The molecule has 2 rings (SSSR count). The summed E-state index contributed by atoms with van der Waals surface area (Å²) in [7, 11) is 0. The van der Waals surface area contributed by atoms with Crippen molar-refractivity contribution < 1.29 is 19.4 Å². The van der Waals surface area contributed by atoms with Gasteiger partial charge in [-0.2, -0.15) is 0 Å². The molecule has 0 amide bonds. The number of nitrogens with one attached hydrogen (secondary N) is 1. The number of hydrogen-bond donors (Lipinski definition) is 3. The topological polar surface area (TPSA) is 104 Å². The molecule has 0 saturated carbocycles. The van der Waals surface area contributed by atoms with Gasteiger partial charge in [0.25, 0.3) is 0 Å². The van der Waals surface area contributed by atoms with E-state index in [2.05, 4.69) is 4.98 Å². The Balaban J connectivity index is 2.39. The Morgan fingerprint density at radius 3 is 2.88 bits per heavy atom. The van der Waals surface area contributed by atoms with E-state index in [-0.39, 0.29) is 13.0 Å². The molecule has 0 aliphatic carbocycles. The number of hydrogen-bond acceptors (Lipinski definition) is 4. The van der Waals surface area contributed by atoms with Crippen molar-refractivity contribution >= 4 is 17.1 Å². The van der Waals surface area contributed by atoms with Crippen LogP contribution in [0.5, 0.6) is 0 Å². The minimum Gasteiger partial charge on any atom is -0.481 e. The second kappa shape index (κ2) is 4.42. The minimum absolute atomic E-state index is 0.170. The van der Waals surface area contributed by atoms with Crippen molar-refractivity contribution in [3.8, 4) is 0 Å². The average molecular weight is 237 g/mol. The maximum Gasteiger partial charge on any atom is 0.417 e. The lowest BCUT2D eigenvalue weighted by atomic mass is 9.96. The molecule has 1 heterocycles. The van der Waals surface area contributed by atoms with Crippen LogP contribution >= 0.6 is 0 Å². The first kappa shape index (κ1) is 11.4. The average Bonchev–Trinajstić information content (AvgIpc) is 2.64. The van der Waals surface area contributed by atoms with E-state index in [0.29, 0.717) is 16.7 Å². The SMILES string of the molecule is O=C(O)CC(CO)c1ccc2[nH]c(=O)oc2c1. The zero-order valence-electron chi connectivity index (χ0n) is 8.84. The van der Waals surface area contributed by atoms with Crippen LogP contribution in [-0.2, 0) is 4.79 Å². The molecular weight excluding hydrogens is 226 g/mol. The van der Waals surface area contributed by atoms with E-state index in [1.165, 1.54) is 0 Å². The summed E-state index contributed by atoms with van der Waals surface area (Å²) in [6.45, 7) is -0.271. The van der Waals surface area contributed by atoms with Gasteiger partial charge in [-0.15, -0.1) is 0 Å². The van der Waals surface area contributed by atoms with Crippen molar-refractivity contribution in [1.82, 2.24) is 4.98 Å². The molecule has 1 unspecified atom stereocenters. The molecule has 90 valence electrons. The zero-order chi connectivity index (χ0) is 12.4. The van der Waals surface area contributed by atoms with Gasteiger partial charge in [0.15, 0.2) is 5.58 Å². The van der Waals surface area contributed by atoms with Gasteiger partial charge >= 0.3 is 11.7 Å². The molecule has 0 spiro atoms. The molecule has 0 fully saturated rings. The van der Waals surface area contributed by atoms with Crippen LogP contribution in [0.15, 0.2) is 27.4 Å². The summed E-state index contributed by atoms with van der Waals surface area (Å²) in [6.07, 6.45) is -0.170. The second-order valence-corrected chi connectivity index (χ2v) is 3.75. The Morgan fingerprint density at radius 1 is 1.47 bits per heavy atom. The predicted octanol–water partition coefficient (Wildman–Crippen LogP) is 0.672. The monoisotopic (exact) mass is 237 g/mol. The molecule has 0 bridgehead atoms. The number of oxazole rings is 1. The lowest BCUT2D eigenvalue weighted by Gasteiger charge is -2.11. The molecule has 6 nitrogen and oxygen atoms in total. The fourth-order valence-electron chi connectivity index (χ4n) is 1.71. The number of carboxylic acids is 1. The smallest absolute Gasteiger partial charge is 0.417 e. The van der Waals surface area contributed by atoms with Gasteiger partial charge in [0.2, 0.25) is 0 Å². The minimum atomic E-state index is -0.986. The quantitative estimate of drug-likeness (QED) is 0.725. The summed E-state index contributed by atoms with van der Waals surface area (Å²) in [5, 5.41) is 17.8. The summed E-state index contributed by atoms with van der Waals surface area (Å²) in [6, 6.07) is 4.86. The van der Waals surface area contributed by atoms with Crippen molar-refractivity contribution in [2.24, 2.45) is 0 Å². The van der Waals surface area contributed by atoms with E-state index >= 15 is 0 Å². The number of aromatic amines is 1. The van der Waals surface area contributed by atoms with Crippen molar-refractivity contribution in [3.05, 3.63) is 34.3 Å². The number of H-pyrrole nitrogens is 1. The lowest BCUT2D eigenvalue weighted by molar-refractivity contribution is -0.137. The van der Waals surface area contributed by atoms with Crippen LogP contribution in [0, 0.1) is 0 Å². The van der Waals surface area contributed by atoms with E-state index in [1.54, 1.807) is 18.2 Å². The van der Waals surface area contributed by atoms with Crippen LogP contribution in [0.2, 0.25) is 0 Å². The number of aliphatic carboxylic acids is 1. The Kier molecular flexibility index (Phi) is 2.97. The van der Waals surface area contributed by atoms with Crippen LogP contribution in [0.4, 0.5) is 0 Å². The highest BCUT2D eigenvalue weighted by atomic mass is 16.4. The van der Waals surface area contributed by atoms with E-state index in [9.17, 15) is 9.59 Å². The molecule has 3 N–H and O–H groups in total. The van der Waals surface area contributed by atoms with E-state index in [4.69, 9.17) is 14.6 Å². The molecule has 1 atom stereocenters. The van der Waals surface area contributed by atoms with E-state index in [0.717, 1.165) is 0 Å². The van der Waals surface area contributed by atoms with Crippen LogP contribution < -0.4 is 5.76 Å². The molecule has 1 aromatic carbocycles. The third kappa shape index (κ3) is 2.36. The highest BCUT2D eigenvalue weighted by molar-refractivity contribution is 5.74. The molecule has 0 radical (unpaired) electrons. The van der Waals surface area contributed by atoms with Crippen LogP contribution in [0.1, 0.15) is 17.9 Å². The fraction of sp³-hybridized carbons (Fsp3) is 0.273. The highest BCUT2D eigenvalue weighted by Crippen LogP contribution is 2.22. The second-order valence-electron chi connectivity index (χ2n) is 3.75. The number of aliphatic hydroxyl groups is 1. The van der Waals surface area contributed by atoms with Crippen molar-refractivity contribution in [1.29, 1.82) is 0 Å². The maximum absolute atomic E-state index is 11.0. The Labute approximate surface area is 95.5 Å². The number of benzene rings is 1. The van der Waals surface area contributed by atoms with Crippen molar-refractivity contribution in [2.45, 2.75) is 12.3 Å². The van der Waals surface area contributed by atoms with Gasteiger partial charge in [-0.1, -0.05) is 6.07 Å². The molecule has 0 aliphatic rings. The van der Waals surface area contributed by atoms with E-state index in [1.807, 2.05) is 0 Å². The number of aromatic nitrogens is 1. The van der Waals surface area contributed by atoms with Gasteiger partial charge in [-0.05, 0) is 17.7 Å². The van der Waals surface area contributed by atoms with Gasteiger partial charge in [0.1, 0.15) is 0 Å². The van der Waals surface area contributed by atoms with Crippen molar-refractivity contribution in [2.75, 3.05) is 6.61 Å². The lowest BCUT2D eigenvalue weighted by Crippen LogP contribution is -2.10. The first-order valence-corrected chi connectivity index (χ1v) is 5.05. The van der Waals surface area contributed by atoms with Crippen molar-refractivity contribution in [3.63, 3.8) is 0 Å². The van der Waals surface area contributed by atoms with E-state index < -0.39 is 17.6 Å². The first-order chi connectivity index (χ1) is 8.10. The van der Waals surface area contributed by atoms with Gasteiger partial charge < -0.3 is 14.6 Å². The standard InChI is InChI=1S/C11H11NO5/c13-5-7(4-10(14)15)6-1-2-8-9(3-6)17-11(16)12-8/h1-3,7,13H,4-5H2,(H,12,16)(H,14,15). The number of aliphatic hydroxyl groups excluding tert-OH is 1. The number of carboxylic acid groups (broad SMARTS) is 1. The Bertz CT molecular complexity index is 597. The molecule has 0 aliphatic heterocycles. The fourth-order valence-corrected chi connectivity index (χ4v) is 1.71. The van der Waals surface area contributed by atoms with Crippen LogP contribution in [0.3, 0.4) is 0 Å². The molecular formula is C11H11NO5. The number of fused-ring (bicyclic) bond motifs is 1. The van der Waals surface area contributed by atoms with Crippen LogP contribution in [-0.4, -0.2) is 27.8 Å². The first-order valence-electron chi connectivity index (χ1n) is 5.05. The Morgan fingerprint density at radius 2 is 2.24 bits per heavy atom. The molecule has 6 heteroatoms. The largest absolute Gasteiger partial charge is 0.481 e. The predicted molar refractivity (Wildman–Crippen MR) is 58.9 cm³/mol. The third-order valence-corrected chi connectivity index (χ3v) is 2.56. The number of carbonyl (C=O) groups is 1. The zero-order valence-corrected chi connectivity index (χ0v) is 8.84. The molecule has 1 aromatic heterocycles. The third-order valence-electron chi connectivity index (χ3n) is 2.56. The maximum atomic E-state index is 11.0.